The quantitative estimate of drug-likeness (QED) is 0.693. The van der Waals surface area contributed by atoms with E-state index in [-0.39, 0.29) is 0 Å². The van der Waals surface area contributed by atoms with Gasteiger partial charge in [-0.25, -0.2) is 15.0 Å². The maximum absolute atomic E-state index is 5.32. The summed E-state index contributed by atoms with van der Waals surface area (Å²) in [6.45, 7) is 0. The number of pyridine rings is 1. The van der Waals surface area contributed by atoms with Gasteiger partial charge in [0.2, 0.25) is 11.8 Å². The van der Waals surface area contributed by atoms with E-state index in [1.54, 1.807) is 24.5 Å². The Kier molecular flexibility index (Phi) is 2.14. The minimum atomic E-state index is 0.494. The predicted molar refractivity (Wildman–Crippen MR) is 46.3 cm³/mol. The first-order valence-corrected chi connectivity index (χ1v) is 3.80. The van der Waals surface area contributed by atoms with Crippen LogP contribution in [-0.4, -0.2) is 15.0 Å². The summed E-state index contributed by atoms with van der Waals surface area (Å²) in [6.07, 6.45) is 4.71. The van der Waals surface area contributed by atoms with Crippen LogP contribution >= 0.6 is 0 Å². The molecule has 13 heavy (non-hydrogen) atoms. The Morgan fingerprint density at radius 3 is 2.54 bits per heavy atom. The fourth-order valence-corrected chi connectivity index (χ4v) is 0.854. The molecule has 0 amide bonds. The Bertz CT molecular complexity index is 326. The second kappa shape index (κ2) is 3.62. The molecule has 0 aliphatic heterocycles. The van der Waals surface area contributed by atoms with E-state index in [2.05, 4.69) is 15.0 Å². The maximum atomic E-state index is 5.32. The Hall–Kier alpha value is -1.97. The second-order valence-corrected chi connectivity index (χ2v) is 2.32. The van der Waals surface area contributed by atoms with Crippen molar-refractivity contribution in [3.63, 3.8) is 0 Å². The molecule has 0 bridgehead atoms. The monoisotopic (exact) mass is 173 g/mol. The zero-order chi connectivity index (χ0) is 8.93. The van der Waals surface area contributed by atoms with Gasteiger partial charge < -0.3 is 4.74 Å². The van der Waals surface area contributed by atoms with Crippen molar-refractivity contribution in [1.82, 2.24) is 15.0 Å². The smallest absolute Gasteiger partial charge is 0.224 e. The molecule has 64 valence electrons. The van der Waals surface area contributed by atoms with E-state index < -0.39 is 0 Å². The molecule has 4 heteroatoms. The van der Waals surface area contributed by atoms with Gasteiger partial charge >= 0.3 is 0 Å². The molecule has 2 rings (SSSR count). The van der Waals surface area contributed by atoms with Crippen LogP contribution in [0, 0.1) is 0 Å². The van der Waals surface area contributed by atoms with Gasteiger partial charge in [0.15, 0.2) is 0 Å². The molecule has 0 radical (unpaired) electrons. The highest BCUT2D eigenvalue weighted by Crippen LogP contribution is 2.13. The van der Waals surface area contributed by atoms with E-state index in [0.717, 1.165) is 0 Å². The van der Waals surface area contributed by atoms with Crippen LogP contribution in [0.15, 0.2) is 43.0 Å². The Morgan fingerprint density at radius 2 is 1.85 bits per heavy atom. The fourth-order valence-electron chi connectivity index (χ4n) is 0.854. The lowest BCUT2D eigenvalue weighted by atomic mass is 10.5. The van der Waals surface area contributed by atoms with E-state index in [9.17, 15) is 0 Å². The Balaban J connectivity index is 2.16. The van der Waals surface area contributed by atoms with Crippen LogP contribution in [-0.2, 0) is 0 Å². The molecule has 2 aromatic rings. The summed E-state index contributed by atoms with van der Waals surface area (Å²) < 4.78 is 5.32. The highest BCUT2D eigenvalue weighted by molar-refractivity contribution is 5.17. The molecule has 0 aliphatic rings. The van der Waals surface area contributed by atoms with Gasteiger partial charge in [0.1, 0.15) is 6.33 Å². The van der Waals surface area contributed by atoms with E-state index in [0.29, 0.717) is 11.8 Å². The van der Waals surface area contributed by atoms with Crippen molar-refractivity contribution in [2.75, 3.05) is 0 Å². The van der Waals surface area contributed by atoms with Crippen molar-refractivity contribution < 1.29 is 4.74 Å². The first kappa shape index (κ1) is 7.67. The van der Waals surface area contributed by atoms with E-state index in [4.69, 9.17) is 4.74 Å². The lowest BCUT2D eigenvalue weighted by molar-refractivity contribution is 0.443. The fraction of sp³-hybridized carbons (Fsp3) is 0. The summed E-state index contributed by atoms with van der Waals surface area (Å²) >= 11 is 0. The highest BCUT2D eigenvalue weighted by Gasteiger charge is 1.95. The van der Waals surface area contributed by atoms with Crippen LogP contribution in [0.5, 0.6) is 11.8 Å². The van der Waals surface area contributed by atoms with Crippen molar-refractivity contribution in [2.45, 2.75) is 0 Å². The third kappa shape index (κ3) is 1.99. The van der Waals surface area contributed by atoms with Gasteiger partial charge in [0, 0.05) is 24.5 Å². The van der Waals surface area contributed by atoms with Crippen LogP contribution < -0.4 is 4.74 Å². The van der Waals surface area contributed by atoms with Gasteiger partial charge in [-0.1, -0.05) is 6.07 Å². The molecular weight excluding hydrogens is 166 g/mol. The summed E-state index contributed by atoms with van der Waals surface area (Å²) in [6, 6.07) is 7.12. The van der Waals surface area contributed by atoms with Crippen LogP contribution in [0.1, 0.15) is 0 Å². The standard InChI is InChI=1S/C9H7N3O/c1-2-5-11-8(3-1)13-9-4-6-10-7-12-9/h1-7H. The molecule has 4 nitrogen and oxygen atoms in total. The number of nitrogens with zero attached hydrogens (tertiary/aromatic N) is 3. The minimum absolute atomic E-state index is 0.494. The maximum Gasteiger partial charge on any atom is 0.224 e. The molecule has 2 heterocycles. The Labute approximate surface area is 75.3 Å². The molecule has 0 atom stereocenters. The topological polar surface area (TPSA) is 47.9 Å². The van der Waals surface area contributed by atoms with Crippen molar-refractivity contribution in [1.29, 1.82) is 0 Å². The molecule has 0 saturated heterocycles. The summed E-state index contributed by atoms with van der Waals surface area (Å²) in [5.41, 5.74) is 0. The van der Waals surface area contributed by atoms with Crippen molar-refractivity contribution >= 4 is 0 Å². The third-order valence-electron chi connectivity index (χ3n) is 1.40. The summed E-state index contributed by atoms with van der Waals surface area (Å²) in [5.74, 6) is 1.02. The molecule has 0 saturated carbocycles. The molecule has 0 fully saturated rings. The number of rotatable bonds is 2. The zero-order valence-corrected chi connectivity index (χ0v) is 6.79. The van der Waals surface area contributed by atoms with Crippen molar-refractivity contribution in [3.05, 3.63) is 43.0 Å². The summed E-state index contributed by atoms with van der Waals surface area (Å²) in [7, 11) is 0. The Morgan fingerprint density at radius 1 is 0.923 bits per heavy atom. The van der Waals surface area contributed by atoms with E-state index in [1.807, 2.05) is 12.1 Å². The first-order chi connectivity index (χ1) is 6.45. The first-order valence-electron chi connectivity index (χ1n) is 3.80. The zero-order valence-electron chi connectivity index (χ0n) is 6.79. The number of hydrogen-bond acceptors (Lipinski definition) is 4. The van der Waals surface area contributed by atoms with Gasteiger partial charge in [-0.3, -0.25) is 0 Å². The van der Waals surface area contributed by atoms with Gasteiger partial charge in [-0.05, 0) is 6.07 Å². The van der Waals surface area contributed by atoms with Crippen molar-refractivity contribution in [3.8, 4) is 11.8 Å². The number of aromatic nitrogens is 3. The van der Waals surface area contributed by atoms with E-state index >= 15 is 0 Å². The lowest BCUT2D eigenvalue weighted by Crippen LogP contribution is -1.89. The molecule has 0 aliphatic carbocycles. The second-order valence-electron chi connectivity index (χ2n) is 2.32. The van der Waals surface area contributed by atoms with E-state index in [1.165, 1.54) is 6.33 Å². The minimum Gasteiger partial charge on any atom is -0.421 e. The third-order valence-corrected chi connectivity index (χ3v) is 1.40. The number of ether oxygens (including phenoxy) is 1. The SMILES string of the molecule is c1ccc(Oc2ccncn2)nc1. The highest BCUT2D eigenvalue weighted by atomic mass is 16.5. The average molecular weight is 173 g/mol. The van der Waals surface area contributed by atoms with Crippen LogP contribution in [0.4, 0.5) is 0 Å². The number of hydrogen-bond donors (Lipinski definition) is 0. The lowest BCUT2D eigenvalue weighted by Gasteiger charge is -2.00. The van der Waals surface area contributed by atoms with Crippen LogP contribution in [0.2, 0.25) is 0 Å². The average Bonchev–Trinajstić information content (AvgIpc) is 2.21. The van der Waals surface area contributed by atoms with Gasteiger partial charge in [0.25, 0.3) is 0 Å². The molecule has 0 N–H and O–H groups in total. The van der Waals surface area contributed by atoms with Crippen LogP contribution in [0.3, 0.4) is 0 Å². The van der Waals surface area contributed by atoms with Crippen molar-refractivity contribution in [2.24, 2.45) is 0 Å². The van der Waals surface area contributed by atoms with Gasteiger partial charge in [-0.15, -0.1) is 0 Å². The largest absolute Gasteiger partial charge is 0.421 e. The normalized spacial score (nSPS) is 9.54. The molecular formula is C9H7N3O. The molecule has 0 aromatic carbocycles. The molecule has 2 aromatic heterocycles. The molecule has 0 spiro atoms. The van der Waals surface area contributed by atoms with Crippen LogP contribution in [0.25, 0.3) is 0 Å². The van der Waals surface area contributed by atoms with Gasteiger partial charge in [0.05, 0.1) is 0 Å². The summed E-state index contributed by atoms with van der Waals surface area (Å²) in [5, 5.41) is 0. The summed E-state index contributed by atoms with van der Waals surface area (Å²) in [4.78, 5) is 11.7. The predicted octanol–water partition coefficient (Wildman–Crippen LogP) is 1.66. The molecule has 0 unspecified atom stereocenters. The van der Waals surface area contributed by atoms with Gasteiger partial charge in [-0.2, -0.15) is 0 Å².